The van der Waals surface area contributed by atoms with Crippen LogP contribution in [-0.2, 0) is 6.54 Å². The van der Waals surface area contributed by atoms with Crippen LogP contribution >= 0.6 is 23.2 Å². The van der Waals surface area contributed by atoms with E-state index in [1.807, 2.05) is 48.7 Å². The Morgan fingerprint density at radius 2 is 1.81 bits per heavy atom. The number of hydrogen-bond acceptors (Lipinski definition) is 5. The molecule has 5 rings (SSSR count). The summed E-state index contributed by atoms with van der Waals surface area (Å²) in [6.45, 7) is 7.17. The molecule has 0 bridgehead atoms. The maximum atomic E-state index is 6.45. The standard InChI is InChI=1S/C29H32Cl2N6/c1-3-17-37-27(25-13-16-33-29(35-25)34-19(2)20-7-5-4-6-8-20)26(22-9-10-23(30)24(31)18-22)36-28(37)21-11-14-32-15-12-21/h4-10,13,16,18-19,21,32H,3,11-12,14-15,17H2,1-2H3,(H,33,34,35)/t19-/m1/s1. The van der Waals surface area contributed by atoms with Crippen LogP contribution < -0.4 is 10.6 Å². The van der Waals surface area contributed by atoms with Crippen LogP contribution in [0.5, 0.6) is 0 Å². The smallest absolute Gasteiger partial charge is 0.223 e. The molecular weight excluding hydrogens is 503 g/mol. The van der Waals surface area contributed by atoms with E-state index in [9.17, 15) is 0 Å². The van der Waals surface area contributed by atoms with E-state index in [0.29, 0.717) is 21.9 Å². The normalized spacial score (nSPS) is 15.0. The molecule has 1 saturated heterocycles. The predicted molar refractivity (Wildman–Crippen MR) is 152 cm³/mol. The first-order valence-corrected chi connectivity index (χ1v) is 13.7. The average molecular weight is 536 g/mol. The Labute approximate surface area is 228 Å². The second kappa shape index (κ2) is 11.6. The SMILES string of the molecule is CCCn1c(C2CCNCC2)nc(-c2ccc(Cl)c(Cl)c2)c1-c1ccnc(N[C@H](C)c2ccccc2)n1. The van der Waals surface area contributed by atoms with Crippen molar-refractivity contribution in [3.63, 3.8) is 0 Å². The van der Waals surface area contributed by atoms with Crippen LogP contribution in [0.4, 0.5) is 5.95 Å². The highest BCUT2D eigenvalue weighted by Crippen LogP contribution is 2.38. The highest BCUT2D eigenvalue weighted by Gasteiger charge is 2.27. The molecule has 0 amide bonds. The maximum Gasteiger partial charge on any atom is 0.223 e. The number of anilines is 1. The van der Waals surface area contributed by atoms with E-state index in [2.05, 4.69) is 46.2 Å². The van der Waals surface area contributed by atoms with Gasteiger partial charge in [-0.25, -0.2) is 15.0 Å². The van der Waals surface area contributed by atoms with Crippen LogP contribution in [0.2, 0.25) is 10.0 Å². The van der Waals surface area contributed by atoms with Gasteiger partial charge in [0, 0.05) is 24.2 Å². The van der Waals surface area contributed by atoms with Crippen LogP contribution in [0, 0.1) is 0 Å². The molecular formula is C29H32Cl2N6. The summed E-state index contributed by atoms with van der Waals surface area (Å²) >= 11 is 12.7. The lowest BCUT2D eigenvalue weighted by Crippen LogP contribution is -2.28. The van der Waals surface area contributed by atoms with Crippen molar-refractivity contribution in [3.8, 4) is 22.6 Å². The number of benzene rings is 2. The van der Waals surface area contributed by atoms with Crippen LogP contribution in [0.1, 0.15) is 56.5 Å². The van der Waals surface area contributed by atoms with Crippen molar-refractivity contribution in [2.45, 2.75) is 51.6 Å². The molecule has 0 aliphatic carbocycles. The summed E-state index contributed by atoms with van der Waals surface area (Å²) in [7, 11) is 0. The molecule has 192 valence electrons. The van der Waals surface area contributed by atoms with Crippen LogP contribution in [-0.4, -0.2) is 32.6 Å². The summed E-state index contributed by atoms with van der Waals surface area (Å²) < 4.78 is 2.36. The van der Waals surface area contributed by atoms with Crippen molar-refractivity contribution in [3.05, 3.63) is 82.2 Å². The lowest BCUT2D eigenvalue weighted by atomic mass is 9.97. The first-order valence-electron chi connectivity index (χ1n) is 13.0. The molecule has 1 atom stereocenters. The van der Waals surface area contributed by atoms with Gasteiger partial charge < -0.3 is 15.2 Å². The highest BCUT2D eigenvalue weighted by molar-refractivity contribution is 6.42. The van der Waals surface area contributed by atoms with Crippen molar-refractivity contribution in [2.24, 2.45) is 0 Å². The van der Waals surface area contributed by atoms with E-state index in [1.54, 1.807) is 0 Å². The van der Waals surface area contributed by atoms with Gasteiger partial charge in [-0.2, -0.15) is 0 Å². The number of aromatic nitrogens is 4. The monoisotopic (exact) mass is 534 g/mol. The van der Waals surface area contributed by atoms with Gasteiger partial charge in [0.25, 0.3) is 0 Å². The lowest BCUT2D eigenvalue weighted by Gasteiger charge is -2.23. The molecule has 1 fully saturated rings. The molecule has 4 aromatic rings. The summed E-state index contributed by atoms with van der Waals surface area (Å²) in [6, 6.07) is 18.1. The molecule has 0 radical (unpaired) electrons. The van der Waals surface area contributed by atoms with Gasteiger partial charge in [0.2, 0.25) is 5.95 Å². The van der Waals surface area contributed by atoms with Crippen molar-refractivity contribution in [1.29, 1.82) is 0 Å². The molecule has 3 heterocycles. The fourth-order valence-corrected chi connectivity index (χ4v) is 5.29. The second-order valence-corrected chi connectivity index (χ2v) is 10.3. The van der Waals surface area contributed by atoms with Gasteiger partial charge >= 0.3 is 0 Å². The minimum Gasteiger partial charge on any atom is -0.348 e. The molecule has 0 spiro atoms. The highest BCUT2D eigenvalue weighted by atomic mass is 35.5. The van der Waals surface area contributed by atoms with E-state index in [-0.39, 0.29) is 6.04 Å². The third-order valence-electron chi connectivity index (χ3n) is 6.89. The topological polar surface area (TPSA) is 67.7 Å². The number of nitrogens with one attached hydrogen (secondary N) is 2. The fraction of sp³-hybridized carbons (Fsp3) is 0.345. The van der Waals surface area contributed by atoms with Gasteiger partial charge in [0.1, 0.15) is 5.82 Å². The van der Waals surface area contributed by atoms with Gasteiger partial charge in [-0.05, 0) is 63.0 Å². The number of imidazole rings is 1. The van der Waals surface area contributed by atoms with Crippen LogP contribution in [0.15, 0.2) is 60.8 Å². The Balaban J connectivity index is 1.61. The number of nitrogens with zero attached hydrogens (tertiary/aromatic N) is 4. The van der Waals surface area contributed by atoms with E-state index < -0.39 is 0 Å². The fourth-order valence-electron chi connectivity index (χ4n) is 5.00. The molecule has 1 aliphatic rings. The van der Waals surface area contributed by atoms with Crippen LogP contribution in [0.3, 0.4) is 0 Å². The zero-order chi connectivity index (χ0) is 25.8. The van der Waals surface area contributed by atoms with Crippen molar-refractivity contribution in [2.75, 3.05) is 18.4 Å². The molecule has 2 aromatic heterocycles. The maximum absolute atomic E-state index is 6.45. The largest absolute Gasteiger partial charge is 0.348 e. The third-order valence-corrected chi connectivity index (χ3v) is 7.62. The van der Waals surface area contributed by atoms with Gasteiger partial charge in [-0.3, -0.25) is 0 Å². The quantitative estimate of drug-likeness (QED) is 0.247. The number of rotatable bonds is 8. The van der Waals surface area contributed by atoms with E-state index in [1.165, 1.54) is 5.56 Å². The average Bonchev–Trinajstić information content (AvgIpc) is 3.31. The molecule has 6 nitrogen and oxygen atoms in total. The Bertz CT molecular complexity index is 1350. The van der Waals surface area contributed by atoms with E-state index in [4.69, 9.17) is 33.2 Å². The van der Waals surface area contributed by atoms with Crippen LogP contribution in [0.25, 0.3) is 22.6 Å². The first-order chi connectivity index (χ1) is 18.0. The number of halogens is 2. The predicted octanol–water partition coefficient (Wildman–Crippen LogP) is 7.36. The first kappa shape index (κ1) is 25.7. The van der Waals surface area contributed by atoms with Crippen molar-refractivity contribution in [1.82, 2.24) is 24.8 Å². The summed E-state index contributed by atoms with van der Waals surface area (Å²) in [5.74, 6) is 2.09. The Morgan fingerprint density at radius 3 is 2.54 bits per heavy atom. The Morgan fingerprint density at radius 1 is 1.03 bits per heavy atom. The zero-order valence-electron chi connectivity index (χ0n) is 21.2. The minimum atomic E-state index is 0.0665. The van der Waals surface area contributed by atoms with E-state index >= 15 is 0 Å². The third kappa shape index (κ3) is 5.66. The van der Waals surface area contributed by atoms with E-state index in [0.717, 1.165) is 67.4 Å². The minimum absolute atomic E-state index is 0.0665. The summed E-state index contributed by atoms with van der Waals surface area (Å²) in [5, 5.41) is 7.99. The molecule has 2 N–H and O–H groups in total. The molecule has 8 heteroatoms. The van der Waals surface area contributed by atoms with Crippen molar-refractivity contribution >= 4 is 29.2 Å². The Hall–Kier alpha value is -2.93. The summed E-state index contributed by atoms with van der Waals surface area (Å²) in [6.07, 6.45) is 4.93. The van der Waals surface area contributed by atoms with Gasteiger partial charge in [-0.15, -0.1) is 0 Å². The molecule has 37 heavy (non-hydrogen) atoms. The summed E-state index contributed by atoms with van der Waals surface area (Å²) in [4.78, 5) is 14.8. The molecule has 0 unspecified atom stereocenters. The molecule has 0 saturated carbocycles. The van der Waals surface area contributed by atoms with Gasteiger partial charge in [0.05, 0.1) is 33.2 Å². The second-order valence-electron chi connectivity index (χ2n) is 9.51. The number of hydrogen-bond donors (Lipinski definition) is 2. The Kier molecular flexibility index (Phi) is 8.08. The number of piperidine rings is 1. The van der Waals surface area contributed by atoms with Gasteiger partial charge in [-0.1, -0.05) is 66.5 Å². The lowest BCUT2D eigenvalue weighted by molar-refractivity contribution is 0.430. The van der Waals surface area contributed by atoms with Gasteiger partial charge in [0.15, 0.2) is 0 Å². The zero-order valence-corrected chi connectivity index (χ0v) is 22.7. The molecule has 2 aromatic carbocycles. The molecule has 1 aliphatic heterocycles. The van der Waals surface area contributed by atoms with Crippen molar-refractivity contribution < 1.29 is 0 Å². The summed E-state index contributed by atoms with van der Waals surface area (Å²) in [5.41, 5.74) is 4.81.